The van der Waals surface area contributed by atoms with Crippen molar-refractivity contribution in [2.45, 2.75) is 6.92 Å². The maximum atomic E-state index is 13.3. The molecule has 0 radical (unpaired) electrons. The summed E-state index contributed by atoms with van der Waals surface area (Å²) in [7, 11) is 0. The average molecular weight is 309 g/mol. The first-order valence-corrected chi connectivity index (χ1v) is 6.27. The minimum atomic E-state index is -0.675. The number of nitrogens with zero attached hydrogens (tertiary/aromatic N) is 1. The standard InChI is InChI=1S/C14H10ClFN2O3/c1-8-5-9(16)7-10(6-8)17-14(19)11-3-2-4-12(13(11)15)18(20)21/h2-7H,1H3,(H,17,19). The molecule has 0 saturated heterocycles. The van der Waals surface area contributed by atoms with E-state index in [0.29, 0.717) is 5.56 Å². The lowest BCUT2D eigenvalue weighted by Gasteiger charge is -2.08. The minimum absolute atomic E-state index is 0.0484. The van der Waals surface area contributed by atoms with Gasteiger partial charge in [-0.15, -0.1) is 0 Å². The van der Waals surface area contributed by atoms with Gasteiger partial charge in [0.15, 0.2) is 0 Å². The van der Waals surface area contributed by atoms with Crippen molar-refractivity contribution in [3.63, 3.8) is 0 Å². The van der Waals surface area contributed by atoms with E-state index in [1.165, 1.54) is 24.3 Å². The number of nitro groups is 1. The summed E-state index contributed by atoms with van der Waals surface area (Å²) in [6, 6.07) is 7.95. The lowest BCUT2D eigenvalue weighted by atomic mass is 10.1. The molecule has 0 aromatic heterocycles. The average Bonchev–Trinajstić information content (AvgIpc) is 2.37. The molecule has 0 spiro atoms. The second-order valence-corrected chi connectivity index (χ2v) is 4.75. The molecule has 1 N–H and O–H groups in total. The van der Waals surface area contributed by atoms with E-state index >= 15 is 0 Å². The Labute approximate surface area is 124 Å². The summed E-state index contributed by atoms with van der Waals surface area (Å²) in [5, 5.41) is 13.0. The van der Waals surface area contributed by atoms with Crippen LogP contribution in [0.4, 0.5) is 15.8 Å². The zero-order valence-corrected chi connectivity index (χ0v) is 11.6. The predicted octanol–water partition coefficient (Wildman–Crippen LogP) is 3.95. The first-order chi connectivity index (χ1) is 9.88. The molecule has 0 aliphatic rings. The van der Waals surface area contributed by atoms with E-state index in [2.05, 4.69) is 5.32 Å². The van der Waals surface area contributed by atoms with Gasteiger partial charge in [0, 0.05) is 11.8 Å². The summed E-state index contributed by atoms with van der Waals surface area (Å²) >= 11 is 5.85. The normalized spacial score (nSPS) is 10.2. The lowest BCUT2D eigenvalue weighted by molar-refractivity contribution is -0.384. The highest BCUT2D eigenvalue weighted by atomic mass is 35.5. The molecule has 7 heteroatoms. The molecule has 2 rings (SSSR count). The Hall–Kier alpha value is -2.47. The number of halogens is 2. The number of benzene rings is 2. The van der Waals surface area contributed by atoms with Gasteiger partial charge in [0.1, 0.15) is 10.8 Å². The zero-order chi connectivity index (χ0) is 15.6. The van der Waals surface area contributed by atoms with E-state index in [9.17, 15) is 19.3 Å². The summed E-state index contributed by atoms with van der Waals surface area (Å²) in [4.78, 5) is 22.2. The molecule has 0 atom stereocenters. The highest BCUT2D eigenvalue weighted by molar-refractivity contribution is 6.36. The van der Waals surface area contributed by atoms with Crippen LogP contribution in [0, 0.1) is 22.9 Å². The number of hydrogen-bond donors (Lipinski definition) is 1. The fourth-order valence-corrected chi connectivity index (χ4v) is 2.12. The fraction of sp³-hybridized carbons (Fsp3) is 0.0714. The number of nitrogens with one attached hydrogen (secondary N) is 1. The van der Waals surface area contributed by atoms with Gasteiger partial charge in [-0.3, -0.25) is 14.9 Å². The zero-order valence-electron chi connectivity index (χ0n) is 10.9. The third-order valence-electron chi connectivity index (χ3n) is 2.72. The molecule has 0 fully saturated rings. The SMILES string of the molecule is Cc1cc(F)cc(NC(=O)c2cccc([N+](=O)[O-])c2Cl)c1. The van der Waals surface area contributed by atoms with Crippen molar-refractivity contribution in [3.05, 3.63) is 68.5 Å². The molecule has 2 aromatic carbocycles. The van der Waals surface area contributed by atoms with Crippen molar-refractivity contribution in [2.24, 2.45) is 0 Å². The van der Waals surface area contributed by atoms with Gasteiger partial charge in [0.2, 0.25) is 0 Å². The maximum Gasteiger partial charge on any atom is 0.288 e. The van der Waals surface area contributed by atoms with Crippen molar-refractivity contribution in [3.8, 4) is 0 Å². The Balaban J connectivity index is 2.33. The van der Waals surface area contributed by atoms with Crippen molar-refractivity contribution in [2.75, 3.05) is 5.32 Å². The Morgan fingerprint density at radius 1 is 1.33 bits per heavy atom. The molecule has 0 saturated carbocycles. The highest BCUT2D eigenvalue weighted by Gasteiger charge is 2.20. The number of amides is 1. The van der Waals surface area contributed by atoms with Crippen LogP contribution in [0.5, 0.6) is 0 Å². The summed E-state index contributed by atoms with van der Waals surface area (Å²) < 4.78 is 13.3. The second-order valence-electron chi connectivity index (χ2n) is 4.37. The van der Waals surface area contributed by atoms with E-state index < -0.39 is 16.6 Å². The molecular formula is C14H10ClFN2O3. The third-order valence-corrected chi connectivity index (χ3v) is 3.12. The Morgan fingerprint density at radius 2 is 2.05 bits per heavy atom. The molecule has 2 aromatic rings. The molecule has 1 amide bonds. The first-order valence-electron chi connectivity index (χ1n) is 5.90. The Bertz CT molecular complexity index is 714. The molecule has 108 valence electrons. The number of anilines is 1. The lowest BCUT2D eigenvalue weighted by Crippen LogP contribution is -2.13. The van der Waals surface area contributed by atoms with Crippen LogP contribution < -0.4 is 5.32 Å². The summed E-state index contributed by atoms with van der Waals surface area (Å²) in [6.45, 7) is 1.68. The van der Waals surface area contributed by atoms with E-state index in [-0.39, 0.29) is 22.0 Å². The Kier molecular flexibility index (Phi) is 4.18. The van der Waals surface area contributed by atoms with Gasteiger partial charge in [-0.25, -0.2) is 4.39 Å². The van der Waals surface area contributed by atoms with Crippen LogP contribution in [0.25, 0.3) is 0 Å². The van der Waals surface area contributed by atoms with Gasteiger partial charge >= 0.3 is 0 Å². The number of aryl methyl sites for hydroxylation is 1. The van der Waals surface area contributed by atoms with E-state index in [1.807, 2.05) is 0 Å². The molecule has 0 bridgehead atoms. The summed E-state index contributed by atoms with van der Waals surface area (Å²) in [5.74, 6) is -1.14. The van der Waals surface area contributed by atoms with Gasteiger partial charge in [0.05, 0.1) is 10.5 Å². The fourth-order valence-electron chi connectivity index (χ4n) is 1.84. The third kappa shape index (κ3) is 3.35. The van der Waals surface area contributed by atoms with Gasteiger partial charge < -0.3 is 5.32 Å². The van der Waals surface area contributed by atoms with Crippen LogP contribution >= 0.6 is 11.6 Å². The molecule has 0 aliphatic carbocycles. The molecule has 0 aliphatic heterocycles. The topological polar surface area (TPSA) is 72.2 Å². The quantitative estimate of drug-likeness (QED) is 0.689. The number of carbonyl (C=O) groups excluding carboxylic acids is 1. The summed E-state index contributed by atoms with van der Waals surface area (Å²) in [5.41, 5.74) is 0.475. The van der Waals surface area contributed by atoms with Crippen LogP contribution in [0.3, 0.4) is 0 Å². The number of rotatable bonds is 3. The largest absolute Gasteiger partial charge is 0.322 e. The van der Waals surface area contributed by atoms with Gasteiger partial charge in [-0.05, 0) is 36.8 Å². The molecule has 21 heavy (non-hydrogen) atoms. The first kappa shape index (κ1) is 14.9. The van der Waals surface area contributed by atoms with Crippen LogP contribution in [0.2, 0.25) is 5.02 Å². The van der Waals surface area contributed by atoms with Crippen LogP contribution in [-0.2, 0) is 0 Å². The molecule has 0 heterocycles. The number of hydrogen-bond acceptors (Lipinski definition) is 3. The smallest absolute Gasteiger partial charge is 0.288 e. The van der Waals surface area contributed by atoms with Crippen LogP contribution in [0.1, 0.15) is 15.9 Å². The van der Waals surface area contributed by atoms with Crippen LogP contribution in [-0.4, -0.2) is 10.8 Å². The maximum absolute atomic E-state index is 13.3. The van der Waals surface area contributed by atoms with E-state index in [1.54, 1.807) is 13.0 Å². The second kappa shape index (κ2) is 5.88. The van der Waals surface area contributed by atoms with Gasteiger partial charge in [-0.1, -0.05) is 17.7 Å². The Morgan fingerprint density at radius 3 is 2.67 bits per heavy atom. The van der Waals surface area contributed by atoms with Gasteiger partial charge in [0.25, 0.3) is 11.6 Å². The predicted molar refractivity (Wildman–Crippen MR) is 77.2 cm³/mol. The monoisotopic (exact) mass is 308 g/mol. The van der Waals surface area contributed by atoms with Crippen LogP contribution in [0.15, 0.2) is 36.4 Å². The number of carbonyl (C=O) groups is 1. The number of nitro benzene ring substituents is 1. The molecule has 0 unspecified atom stereocenters. The summed E-state index contributed by atoms with van der Waals surface area (Å²) in [6.07, 6.45) is 0. The van der Waals surface area contributed by atoms with E-state index in [4.69, 9.17) is 11.6 Å². The van der Waals surface area contributed by atoms with Crippen molar-refractivity contribution in [1.29, 1.82) is 0 Å². The molecular weight excluding hydrogens is 299 g/mol. The van der Waals surface area contributed by atoms with Crippen molar-refractivity contribution < 1.29 is 14.1 Å². The van der Waals surface area contributed by atoms with Crippen molar-refractivity contribution in [1.82, 2.24) is 0 Å². The van der Waals surface area contributed by atoms with Gasteiger partial charge in [-0.2, -0.15) is 0 Å². The minimum Gasteiger partial charge on any atom is -0.322 e. The molecule has 5 nitrogen and oxygen atoms in total. The van der Waals surface area contributed by atoms with Crippen molar-refractivity contribution >= 4 is 28.9 Å². The highest BCUT2D eigenvalue weighted by Crippen LogP contribution is 2.28. The van der Waals surface area contributed by atoms with E-state index in [0.717, 1.165) is 6.07 Å².